The van der Waals surface area contributed by atoms with Crippen LogP contribution in [0.4, 0.5) is 22.0 Å². The second-order valence-corrected chi connectivity index (χ2v) is 11.7. The van der Waals surface area contributed by atoms with Crippen LogP contribution in [0, 0.1) is 0 Å². The predicted molar refractivity (Wildman–Crippen MR) is 175 cm³/mol. The molecule has 0 aliphatic heterocycles. The van der Waals surface area contributed by atoms with Gasteiger partial charge in [0.1, 0.15) is 5.60 Å². The van der Waals surface area contributed by atoms with Crippen LogP contribution < -0.4 is 0 Å². The van der Waals surface area contributed by atoms with Crippen LogP contribution in [-0.4, -0.2) is 36.0 Å². The number of unbranched alkanes of at least 4 members (excludes halogenated alkanes) is 9. The molecule has 0 aliphatic rings. The molecule has 0 amide bonds. The van der Waals surface area contributed by atoms with Crippen LogP contribution in [-0.2, 0) is 10.3 Å². The molecule has 0 saturated carbocycles. The van der Waals surface area contributed by atoms with Crippen LogP contribution in [0.2, 0.25) is 0 Å². The molecule has 0 spiro atoms. The number of hydrogen-bond donors (Lipinski definition) is 1. The number of benzene rings is 3. The molecule has 0 aliphatic carbocycles. The summed E-state index contributed by atoms with van der Waals surface area (Å²) in [5.74, 6) is -4.60. The Morgan fingerprint density at radius 3 is 1.53 bits per heavy atom. The highest BCUT2D eigenvalue weighted by Gasteiger charge is 2.56. The number of halogens is 5. The summed E-state index contributed by atoms with van der Waals surface area (Å²) in [4.78, 5) is 2.98. The lowest BCUT2D eigenvalue weighted by Crippen LogP contribution is -2.37. The van der Waals surface area contributed by atoms with Gasteiger partial charge >= 0.3 is 12.1 Å². The number of hydrogen-bond acceptors (Lipinski definition) is 3. The molecule has 5 nitrogen and oxygen atoms in total. The molecule has 0 unspecified atom stereocenters. The molecule has 3 aromatic rings. The van der Waals surface area contributed by atoms with Crippen molar-refractivity contribution in [3.63, 3.8) is 0 Å². The maximum Gasteiger partial charge on any atom is 0.453 e. The zero-order valence-corrected chi connectivity index (χ0v) is 26.5. The number of nitrogens with zero attached hydrogens (tertiary/aromatic N) is 3. The molecule has 10 heteroatoms. The van der Waals surface area contributed by atoms with Gasteiger partial charge < -0.3 is 9.84 Å². The largest absolute Gasteiger partial charge is 0.453 e. The van der Waals surface area contributed by atoms with Crippen molar-refractivity contribution in [3.05, 3.63) is 130 Å². The first-order chi connectivity index (χ1) is 22.6. The molecule has 1 N–H and O–H groups in total. The standard InChI is InChI=1S/C37H44F5N3O2/c38-35(39,37(40,41)42)28-20-9-7-5-3-1-2-4-6-8-19-27-34(46)33(44-45-43)29-47-36(30-21-13-10-14-22-30,31-23-15-11-16-24-31)32-25-17-12-18-26-32/h10-19,21-27,33-34,46H,1-9,20,28-29H2/b27-19+/t33-,34+/m0/s1. The zero-order valence-electron chi connectivity index (χ0n) is 26.5. The van der Waals surface area contributed by atoms with Gasteiger partial charge in [0.25, 0.3) is 0 Å². The van der Waals surface area contributed by atoms with Crippen molar-refractivity contribution in [1.82, 2.24) is 0 Å². The van der Waals surface area contributed by atoms with Gasteiger partial charge in [0.15, 0.2) is 0 Å². The lowest BCUT2D eigenvalue weighted by molar-refractivity contribution is -0.284. The molecule has 2 atom stereocenters. The van der Waals surface area contributed by atoms with Crippen LogP contribution in [0.15, 0.2) is 108 Å². The van der Waals surface area contributed by atoms with E-state index in [9.17, 15) is 32.6 Å². The minimum absolute atomic E-state index is 0.0427. The molecular weight excluding hydrogens is 613 g/mol. The summed E-state index contributed by atoms with van der Waals surface area (Å²) in [6.07, 6.45) is 3.00. The van der Waals surface area contributed by atoms with E-state index in [1.165, 1.54) is 0 Å². The molecule has 0 saturated heterocycles. The summed E-state index contributed by atoms with van der Waals surface area (Å²) >= 11 is 0. The van der Waals surface area contributed by atoms with Gasteiger partial charge in [-0.05, 0) is 41.5 Å². The van der Waals surface area contributed by atoms with E-state index < -0.39 is 36.3 Å². The van der Waals surface area contributed by atoms with Crippen molar-refractivity contribution in [2.24, 2.45) is 5.11 Å². The quantitative estimate of drug-likeness (QED) is 0.0235. The van der Waals surface area contributed by atoms with Gasteiger partial charge in [-0.15, -0.1) is 0 Å². The van der Waals surface area contributed by atoms with Gasteiger partial charge in [-0.3, -0.25) is 0 Å². The minimum atomic E-state index is -5.47. The van der Waals surface area contributed by atoms with Crippen molar-refractivity contribution in [1.29, 1.82) is 0 Å². The Morgan fingerprint density at radius 1 is 0.681 bits per heavy atom. The highest BCUT2D eigenvalue weighted by Crippen LogP contribution is 2.41. The van der Waals surface area contributed by atoms with E-state index in [1.807, 2.05) is 97.1 Å². The number of allylic oxidation sites excluding steroid dienone is 1. The highest BCUT2D eigenvalue weighted by atomic mass is 19.4. The molecule has 47 heavy (non-hydrogen) atoms. The lowest BCUT2D eigenvalue weighted by Gasteiger charge is -2.37. The topological polar surface area (TPSA) is 78.2 Å². The fourth-order valence-electron chi connectivity index (χ4n) is 5.60. The number of ether oxygens (including phenoxy) is 1. The Bertz CT molecular complexity index is 1270. The first kappa shape index (κ1) is 37.7. The van der Waals surface area contributed by atoms with E-state index in [1.54, 1.807) is 6.08 Å². The number of aliphatic hydroxyl groups excluding tert-OH is 1. The van der Waals surface area contributed by atoms with Gasteiger partial charge in [-0.2, -0.15) is 22.0 Å². The van der Waals surface area contributed by atoms with Crippen LogP contribution in [0.3, 0.4) is 0 Å². The molecule has 0 heterocycles. The fraction of sp³-hybridized carbons (Fsp3) is 0.459. The summed E-state index contributed by atoms with van der Waals surface area (Å²) in [6.45, 7) is -0.0427. The second kappa shape index (κ2) is 19.2. The Kier molecular flexibility index (Phi) is 15.4. The van der Waals surface area contributed by atoms with E-state index in [2.05, 4.69) is 10.0 Å². The maximum atomic E-state index is 12.9. The molecule has 3 aromatic carbocycles. The summed E-state index contributed by atoms with van der Waals surface area (Å²) in [7, 11) is 0. The van der Waals surface area contributed by atoms with E-state index >= 15 is 0 Å². The monoisotopic (exact) mass is 657 g/mol. The smallest absolute Gasteiger partial charge is 0.389 e. The Morgan fingerprint density at radius 2 is 1.11 bits per heavy atom. The normalized spacial score (nSPS) is 13.7. The van der Waals surface area contributed by atoms with Crippen molar-refractivity contribution >= 4 is 0 Å². The Labute approximate surface area is 274 Å². The summed E-state index contributed by atoms with van der Waals surface area (Å²) in [5, 5.41) is 14.8. The molecule has 254 valence electrons. The first-order valence-electron chi connectivity index (χ1n) is 16.3. The van der Waals surface area contributed by atoms with E-state index in [-0.39, 0.29) is 13.0 Å². The lowest BCUT2D eigenvalue weighted by atomic mass is 9.80. The van der Waals surface area contributed by atoms with Crippen LogP contribution in [0.25, 0.3) is 10.4 Å². The third-order valence-electron chi connectivity index (χ3n) is 8.22. The van der Waals surface area contributed by atoms with Crippen molar-refractivity contribution in [3.8, 4) is 0 Å². The molecule has 3 rings (SSSR count). The van der Waals surface area contributed by atoms with Crippen molar-refractivity contribution in [2.45, 2.75) is 100 Å². The van der Waals surface area contributed by atoms with Crippen molar-refractivity contribution < 1.29 is 31.8 Å². The number of alkyl halides is 5. The number of rotatable bonds is 21. The number of azide groups is 1. The third-order valence-corrected chi connectivity index (χ3v) is 8.22. The highest BCUT2D eigenvalue weighted by molar-refractivity contribution is 5.47. The molecular formula is C37H44F5N3O2. The SMILES string of the molecule is [N-]=[N+]=N[C@@H](COC(c1ccccc1)(c1ccccc1)c1ccccc1)[C@H](O)/C=C/CCCCCCCCCCCC(F)(F)C(F)(F)F. The summed E-state index contributed by atoms with van der Waals surface area (Å²) < 4.78 is 69.2. The van der Waals surface area contributed by atoms with Gasteiger partial charge in [0.05, 0.1) is 18.8 Å². The Balaban J connectivity index is 1.48. The summed E-state index contributed by atoms with van der Waals surface area (Å²) in [6, 6.07) is 28.6. The van der Waals surface area contributed by atoms with Gasteiger partial charge in [-0.1, -0.05) is 153 Å². The second-order valence-electron chi connectivity index (χ2n) is 11.7. The molecule has 0 radical (unpaired) electrons. The van der Waals surface area contributed by atoms with Crippen molar-refractivity contribution in [2.75, 3.05) is 6.61 Å². The van der Waals surface area contributed by atoms with Crippen LogP contribution >= 0.6 is 0 Å². The van der Waals surface area contributed by atoms with Crippen LogP contribution in [0.5, 0.6) is 0 Å². The van der Waals surface area contributed by atoms with E-state index in [4.69, 9.17) is 4.74 Å². The minimum Gasteiger partial charge on any atom is -0.389 e. The molecule has 0 bridgehead atoms. The third kappa shape index (κ3) is 11.5. The van der Waals surface area contributed by atoms with Gasteiger partial charge in [0, 0.05) is 11.3 Å². The van der Waals surface area contributed by atoms with Gasteiger partial charge in [-0.25, -0.2) is 0 Å². The van der Waals surface area contributed by atoms with Crippen LogP contribution in [0.1, 0.15) is 87.3 Å². The fourth-order valence-corrected chi connectivity index (χ4v) is 5.60. The summed E-state index contributed by atoms with van der Waals surface area (Å²) in [5.41, 5.74) is 11.0. The maximum absolute atomic E-state index is 12.9. The average Bonchev–Trinajstić information content (AvgIpc) is 3.07. The van der Waals surface area contributed by atoms with Gasteiger partial charge in [0.2, 0.25) is 0 Å². The van der Waals surface area contributed by atoms with E-state index in [0.29, 0.717) is 12.8 Å². The average molecular weight is 658 g/mol. The number of aliphatic hydroxyl groups is 1. The molecule has 0 fully saturated rings. The molecule has 0 aromatic heterocycles. The first-order valence-corrected chi connectivity index (χ1v) is 16.3. The van der Waals surface area contributed by atoms with E-state index in [0.717, 1.165) is 61.6 Å². The Hall–Kier alpha value is -3.72. The predicted octanol–water partition coefficient (Wildman–Crippen LogP) is 11.1. The zero-order chi connectivity index (χ0) is 34.0.